The smallest absolute Gasteiger partial charge is 0.273 e. The Morgan fingerprint density at radius 2 is 2.00 bits per heavy atom. The summed E-state index contributed by atoms with van der Waals surface area (Å²) in [7, 11) is 0. The van der Waals surface area contributed by atoms with Crippen molar-refractivity contribution in [3.63, 3.8) is 0 Å². The van der Waals surface area contributed by atoms with Gasteiger partial charge in [0.15, 0.2) is 4.77 Å². The summed E-state index contributed by atoms with van der Waals surface area (Å²) in [5.41, 5.74) is 2.45. The second kappa shape index (κ2) is 4.40. The topological polar surface area (TPSA) is 61.5 Å². The van der Waals surface area contributed by atoms with Crippen LogP contribution in [-0.2, 0) is 6.42 Å². The minimum Gasteiger partial charge on any atom is -0.296 e. The van der Waals surface area contributed by atoms with Crippen molar-refractivity contribution in [2.24, 2.45) is 0 Å². The number of nitrogens with one attached hydrogen (secondary N) is 2. The molecule has 1 heterocycles. The quantitative estimate of drug-likeness (QED) is 0.776. The van der Waals surface area contributed by atoms with Crippen LogP contribution in [0.25, 0.3) is 0 Å². The summed E-state index contributed by atoms with van der Waals surface area (Å²) >= 11 is 4.77. The van der Waals surface area contributed by atoms with Crippen molar-refractivity contribution in [2.45, 2.75) is 13.3 Å². The summed E-state index contributed by atoms with van der Waals surface area (Å²) < 4.78 is 0.248. The van der Waals surface area contributed by atoms with Crippen LogP contribution in [-0.4, -0.2) is 15.2 Å². The van der Waals surface area contributed by atoms with Crippen molar-refractivity contribution in [2.75, 3.05) is 0 Å². The predicted molar refractivity (Wildman–Crippen MR) is 64.0 cm³/mol. The third-order valence-corrected chi connectivity index (χ3v) is 2.47. The maximum absolute atomic E-state index is 11.5. The van der Waals surface area contributed by atoms with Crippen molar-refractivity contribution in [3.05, 3.63) is 56.2 Å². The van der Waals surface area contributed by atoms with E-state index in [1.807, 2.05) is 31.2 Å². The zero-order chi connectivity index (χ0) is 11.5. The highest BCUT2D eigenvalue weighted by Crippen LogP contribution is 2.05. The summed E-state index contributed by atoms with van der Waals surface area (Å²) in [4.78, 5) is 14.0. The van der Waals surface area contributed by atoms with Gasteiger partial charge < -0.3 is 0 Å². The number of rotatable bonds is 2. The lowest BCUT2D eigenvalue weighted by Crippen LogP contribution is -2.16. The molecule has 16 heavy (non-hydrogen) atoms. The number of benzene rings is 1. The fourth-order valence-electron chi connectivity index (χ4n) is 1.39. The van der Waals surface area contributed by atoms with E-state index in [-0.39, 0.29) is 10.3 Å². The van der Waals surface area contributed by atoms with Gasteiger partial charge in [-0.2, -0.15) is 5.10 Å². The Hall–Kier alpha value is -1.75. The van der Waals surface area contributed by atoms with Crippen LogP contribution in [0.4, 0.5) is 0 Å². The van der Waals surface area contributed by atoms with Crippen molar-refractivity contribution in [3.8, 4) is 0 Å². The normalized spacial score (nSPS) is 10.3. The maximum atomic E-state index is 11.5. The lowest BCUT2D eigenvalue weighted by atomic mass is 10.1. The maximum Gasteiger partial charge on any atom is 0.273 e. The highest BCUT2D eigenvalue weighted by molar-refractivity contribution is 7.71. The molecule has 0 aliphatic rings. The molecular formula is C11H11N3OS. The van der Waals surface area contributed by atoms with Crippen LogP contribution in [0.3, 0.4) is 0 Å². The molecule has 0 radical (unpaired) electrons. The molecule has 82 valence electrons. The first-order valence-electron chi connectivity index (χ1n) is 4.88. The zero-order valence-corrected chi connectivity index (χ0v) is 9.60. The fraction of sp³-hybridized carbons (Fsp3) is 0.182. The van der Waals surface area contributed by atoms with E-state index in [4.69, 9.17) is 12.2 Å². The Morgan fingerprint density at radius 1 is 1.31 bits per heavy atom. The molecule has 0 aliphatic carbocycles. The Labute approximate surface area is 97.4 Å². The van der Waals surface area contributed by atoms with E-state index in [9.17, 15) is 4.79 Å². The second-order valence-corrected chi connectivity index (χ2v) is 4.02. The summed E-state index contributed by atoms with van der Waals surface area (Å²) in [6.45, 7) is 2.02. The molecule has 0 fully saturated rings. The molecule has 0 saturated carbocycles. The van der Waals surface area contributed by atoms with Gasteiger partial charge in [-0.1, -0.05) is 29.8 Å². The lowest BCUT2D eigenvalue weighted by molar-refractivity contribution is 0.851. The molecule has 2 N–H and O–H groups in total. The van der Waals surface area contributed by atoms with Gasteiger partial charge in [0.25, 0.3) is 5.56 Å². The number of aryl methyl sites for hydroxylation is 1. The first-order valence-corrected chi connectivity index (χ1v) is 5.29. The molecule has 5 heteroatoms. The molecule has 0 bridgehead atoms. The van der Waals surface area contributed by atoms with E-state index < -0.39 is 0 Å². The van der Waals surface area contributed by atoms with Gasteiger partial charge in [-0.05, 0) is 24.7 Å². The van der Waals surface area contributed by atoms with Gasteiger partial charge in [-0.25, -0.2) is 0 Å². The largest absolute Gasteiger partial charge is 0.296 e. The highest BCUT2D eigenvalue weighted by Gasteiger charge is 2.02. The van der Waals surface area contributed by atoms with E-state index in [1.165, 1.54) is 5.56 Å². The van der Waals surface area contributed by atoms with Gasteiger partial charge in [-0.15, -0.1) is 0 Å². The predicted octanol–water partition coefficient (Wildman–Crippen LogP) is 1.73. The van der Waals surface area contributed by atoms with Crippen molar-refractivity contribution in [1.82, 2.24) is 15.2 Å². The minimum atomic E-state index is -0.232. The third kappa shape index (κ3) is 2.43. The van der Waals surface area contributed by atoms with E-state index in [0.29, 0.717) is 12.1 Å². The molecule has 1 aromatic carbocycles. The summed E-state index contributed by atoms with van der Waals surface area (Å²) in [5.74, 6) is 0. The first-order chi connectivity index (χ1) is 7.65. The molecule has 1 aromatic heterocycles. The average Bonchev–Trinajstić information content (AvgIpc) is 2.25. The van der Waals surface area contributed by atoms with E-state index >= 15 is 0 Å². The van der Waals surface area contributed by atoms with Crippen LogP contribution in [0.1, 0.15) is 16.8 Å². The minimum absolute atomic E-state index is 0.232. The number of nitrogens with zero attached hydrogens (tertiary/aromatic N) is 1. The van der Waals surface area contributed by atoms with Gasteiger partial charge >= 0.3 is 0 Å². The molecular weight excluding hydrogens is 222 g/mol. The first kappa shape index (κ1) is 10.8. The van der Waals surface area contributed by atoms with Crippen LogP contribution in [0.2, 0.25) is 0 Å². The van der Waals surface area contributed by atoms with Crippen LogP contribution < -0.4 is 5.56 Å². The van der Waals surface area contributed by atoms with Gasteiger partial charge in [-0.3, -0.25) is 14.9 Å². The Bertz CT molecular complexity index is 598. The van der Waals surface area contributed by atoms with Crippen LogP contribution in [0, 0.1) is 11.7 Å². The molecule has 2 rings (SSSR count). The van der Waals surface area contributed by atoms with Crippen molar-refractivity contribution < 1.29 is 0 Å². The number of H-pyrrole nitrogens is 2. The van der Waals surface area contributed by atoms with Gasteiger partial charge in [0.2, 0.25) is 0 Å². The van der Waals surface area contributed by atoms with Crippen LogP contribution >= 0.6 is 12.2 Å². The van der Waals surface area contributed by atoms with Crippen LogP contribution in [0.15, 0.2) is 29.1 Å². The molecule has 0 saturated heterocycles. The van der Waals surface area contributed by atoms with E-state index in [2.05, 4.69) is 15.2 Å². The SMILES string of the molecule is Cc1ccc(Cc2n[nH]c(=S)[nH]c2=O)cc1. The Balaban J connectivity index is 2.30. The fourth-order valence-corrected chi connectivity index (χ4v) is 1.53. The second-order valence-electron chi connectivity index (χ2n) is 3.62. The van der Waals surface area contributed by atoms with Gasteiger partial charge in [0.1, 0.15) is 5.69 Å². The number of hydrogen-bond donors (Lipinski definition) is 2. The molecule has 4 nitrogen and oxygen atoms in total. The lowest BCUT2D eigenvalue weighted by Gasteiger charge is -2.00. The number of aromatic amines is 2. The highest BCUT2D eigenvalue weighted by atomic mass is 32.1. The molecule has 0 aliphatic heterocycles. The van der Waals surface area contributed by atoms with E-state index in [0.717, 1.165) is 5.56 Å². The monoisotopic (exact) mass is 233 g/mol. The van der Waals surface area contributed by atoms with Crippen molar-refractivity contribution in [1.29, 1.82) is 0 Å². The Kier molecular flexibility index (Phi) is 2.96. The van der Waals surface area contributed by atoms with Crippen molar-refractivity contribution >= 4 is 12.2 Å². The summed E-state index contributed by atoms with van der Waals surface area (Å²) in [5, 5.41) is 6.50. The number of hydrogen-bond acceptors (Lipinski definition) is 3. The summed E-state index contributed by atoms with van der Waals surface area (Å²) in [6, 6.07) is 7.99. The Morgan fingerprint density at radius 3 is 2.62 bits per heavy atom. The van der Waals surface area contributed by atoms with Gasteiger partial charge in [0.05, 0.1) is 0 Å². The van der Waals surface area contributed by atoms with Gasteiger partial charge in [0, 0.05) is 6.42 Å². The molecule has 0 amide bonds. The molecule has 0 spiro atoms. The van der Waals surface area contributed by atoms with Crippen LogP contribution in [0.5, 0.6) is 0 Å². The standard InChI is InChI=1S/C11H11N3OS/c1-7-2-4-8(5-3-7)6-9-10(15)12-11(16)14-13-9/h2-5H,6H2,1H3,(H2,12,14,15,16). The summed E-state index contributed by atoms with van der Waals surface area (Å²) in [6.07, 6.45) is 0.502. The third-order valence-electron chi connectivity index (χ3n) is 2.27. The number of aromatic nitrogens is 3. The average molecular weight is 233 g/mol. The molecule has 0 atom stereocenters. The zero-order valence-electron chi connectivity index (χ0n) is 8.78. The molecule has 2 aromatic rings. The van der Waals surface area contributed by atoms with E-state index in [1.54, 1.807) is 0 Å². The molecule has 0 unspecified atom stereocenters.